The van der Waals surface area contributed by atoms with E-state index in [2.05, 4.69) is 15.9 Å². The maximum Gasteiger partial charge on any atom is 0.310 e. The van der Waals surface area contributed by atoms with Gasteiger partial charge >= 0.3 is 5.97 Å². The first-order chi connectivity index (χ1) is 8.08. The minimum Gasteiger partial charge on any atom is -0.481 e. The molecule has 0 bridgehead atoms. The lowest BCUT2D eigenvalue weighted by Crippen LogP contribution is -2.40. The molecule has 1 saturated heterocycles. The van der Waals surface area contributed by atoms with Crippen molar-refractivity contribution < 1.29 is 19.1 Å². The molecule has 0 aliphatic carbocycles. The number of likely N-dealkylation sites (N-methyl/N-ethyl adjacent to an activating group) is 1. The Kier molecular flexibility index (Phi) is 3.86. The number of hydrogen-bond acceptors (Lipinski definition) is 4. The third kappa shape index (κ3) is 2.88. The lowest BCUT2D eigenvalue weighted by Gasteiger charge is -2.24. The van der Waals surface area contributed by atoms with E-state index in [0.29, 0.717) is 17.8 Å². The summed E-state index contributed by atoms with van der Waals surface area (Å²) in [4.78, 5) is 13.0. The molecule has 1 aromatic rings. The third-order valence-corrected chi connectivity index (χ3v) is 3.39. The molecule has 1 aliphatic rings. The van der Waals surface area contributed by atoms with E-state index < -0.39 is 11.9 Å². The zero-order chi connectivity index (χ0) is 12.4. The normalized spacial score (nSPS) is 24.4. The Hall–Kier alpha value is -0.850. The van der Waals surface area contributed by atoms with Crippen LogP contribution in [-0.2, 0) is 16.1 Å². The largest absolute Gasteiger partial charge is 0.481 e. The van der Waals surface area contributed by atoms with Gasteiger partial charge in [-0.3, -0.25) is 9.69 Å². The summed E-state index contributed by atoms with van der Waals surface area (Å²) in [5, 5.41) is 9.07. The van der Waals surface area contributed by atoms with E-state index >= 15 is 0 Å². The van der Waals surface area contributed by atoms with E-state index in [1.807, 2.05) is 24.1 Å². The molecular formula is C11H14BrNO4. The summed E-state index contributed by atoms with van der Waals surface area (Å²) >= 11 is 3.24. The van der Waals surface area contributed by atoms with Crippen LogP contribution in [0, 0.1) is 5.92 Å². The van der Waals surface area contributed by atoms with Crippen molar-refractivity contribution >= 4 is 21.9 Å². The number of furan rings is 1. The molecule has 2 heterocycles. The minimum absolute atomic E-state index is 0.101. The average molecular weight is 304 g/mol. The highest BCUT2D eigenvalue weighted by Gasteiger charge is 2.36. The molecule has 6 heteroatoms. The molecule has 2 unspecified atom stereocenters. The van der Waals surface area contributed by atoms with Gasteiger partial charge in [0.1, 0.15) is 5.76 Å². The number of hydrogen-bond donors (Lipinski definition) is 1. The molecule has 94 valence electrons. The molecule has 0 amide bonds. The molecule has 0 saturated carbocycles. The second-order valence-electron chi connectivity index (χ2n) is 4.17. The first-order valence-corrected chi connectivity index (χ1v) is 6.12. The zero-order valence-corrected chi connectivity index (χ0v) is 11.0. The van der Waals surface area contributed by atoms with E-state index in [4.69, 9.17) is 14.3 Å². The van der Waals surface area contributed by atoms with Crippen molar-refractivity contribution in [3.05, 3.63) is 22.6 Å². The molecule has 5 nitrogen and oxygen atoms in total. The zero-order valence-electron chi connectivity index (χ0n) is 9.43. The Morgan fingerprint density at radius 3 is 2.94 bits per heavy atom. The number of ether oxygens (including phenoxy) is 1. The molecule has 2 atom stereocenters. The summed E-state index contributed by atoms with van der Waals surface area (Å²) in [6.45, 7) is 1.31. The molecule has 0 spiro atoms. The van der Waals surface area contributed by atoms with Gasteiger partial charge in [0.15, 0.2) is 4.67 Å². The Morgan fingerprint density at radius 2 is 2.35 bits per heavy atom. The molecule has 1 aromatic heterocycles. The quantitative estimate of drug-likeness (QED) is 0.915. The third-order valence-electron chi connectivity index (χ3n) is 2.97. The van der Waals surface area contributed by atoms with E-state index in [0.717, 1.165) is 5.76 Å². The Labute approximate surface area is 107 Å². The lowest BCUT2D eigenvalue weighted by molar-refractivity contribution is -0.143. The molecular weight excluding hydrogens is 290 g/mol. The van der Waals surface area contributed by atoms with E-state index in [1.165, 1.54) is 0 Å². The van der Waals surface area contributed by atoms with Gasteiger partial charge in [0.2, 0.25) is 0 Å². The van der Waals surface area contributed by atoms with Crippen LogP contribution < -0.4 is 0 Å². The molecule has 1 N–H and O–H groups in total. The van der Waals surface area contributed by atoms with Crippen LogP contribution in [0.5, 0.6) is 0 Å². The van der Waals surface area contributed by atoms with Crippen LogP contribution >= 0.6 is 15.9 Å². The highest BCUT2D eigenvalue weighted by Crippen LogP contribution is 2.22. The standard InChI is InChI=1S/C11H14BrNO4/c1-13(4-7-2-3-10(12)17-7)9-6-16-5-8(9)11(14)15/h2-3,8-9H,4-6H2,1H3,(H,14,15). The van der Waals surface area contributed by atoms with Crippen molar-refractivity contribution in [2.24, 2.45) is 5.92 Å². The molecule has 1 aliphatic heterocycles. The van der Waals surface area contributed by atoms with Crippen LogP contribution in [0.3, 0.4) is 0 Å². The highest BCUT2D eigenvalue weighted by atomic mass is 79.9. The predicted molar refractivity (Wildman–Crippen MR) is 63.6 cm³/mol. The highest BCUT2D eigenvalue weighted by molar-refractivity contribution is 9.10. The first kappa shape index (κ1) is 12.6. The Morgan fingerprint density at radius 1 is 1.59 bits per heavy atom. The number of carboxylic acid groups (broad SMARTS) is 1. The fraction of sp³-hybridized carbons (Fsp3) is 0.545. The van der Waals surface area contributed by atoms with Crippen LogP contribution in [0.1, 0.15) is 5.76 Å². The molecule has 1 fully saturated rings. The van der Waals surface area contributed by atoms with Crippen molar-refractivity contribution in [2.45, 2.75) is 12.6 Å². The number of aliphatic carboxylic acids is 1. The molecule has 0 aromatic carbocycles. The topological polar surface area (TPSA) is 62.9 Å². The van der Waals surface area contributed by atoms with Crippen LogP contribution in [0.15, 0.2) is 21.2 Å². The molecule has 0 radical (unpaired) electrons. The summed E-state index contributed by atoms with van der Waals surface area (Å²) in [6, 6.07) is 3.59. The van der Waals surface area contributed by atoms with Crippen LogP contribution in [0.4, 0.5) is 0 Å². The van der Waals surface area contributed by atoms with Gasteiger partial charge in [-0.1, -0.05) is 0 Å². The number of carboxylic acids is 1. The van der Waals surface area contributed by atoms with Crippen molar-refractivity contribution in [3.8, 4) is 0 Å². The van der Waals surface area contributed by atoms with Crippen LogP contribution in [0.25, 0.3) is 0 Å². The number of halogens is 1. The SMILES string of the molecule is CN(Cc1ccc(Br)o1)C1COCC1C(=O)O. The summed E-state index contributed by atoms with van der Waals surface area (Å²) < 4.78 is 11.3. The second kappa shape index (κ2) is 5.20. The number of carbonyl (C=O) groups is 1. The van der Waals surface area contributed by atoms with Gasteiger partial charge in [-0.25, -0.2) is 0 Å². The van der Waals surface area contributed by atoms with Gasteiger partial charge in [0.25, 0.3) is 0 Å². The van der Waals surface area contributed by atoms with E-state index in [1.54, 1.807) is 0 Å². The number of nitrogens with zero attached hydrogens (tertiary/aromatic N) is 1. The van der Waals surface area contributed by atoms with Crippen LogP contribution in [0.2, 0.25) is 0 Å². The predicted octanol–water partition coefficient (Wildman–Crippen LogP) is 1.57. The van der Waals surface area contributed by atoms with Crippen LogP contribution in [-0.4, -0.2) is 42.3 Å². The van der Waals surface area contributed by atoms with Crippen molar-refractivity contribution in [1.29, 1.82) is 0 Å². The smallest absolute Gasteiger partial charge is 0.310 e. The summed E-state index contributed by atoms with van der Waals surface area (Å²) in [5.41, 5.74) is 0. The van der Waals surface area contributed by atoms with E-state index in [-0.39, 0.29) is 12.6 Å². The Bertz CT molecular complexity index is 406. The fourth-order valence-electron chi connectivity index (χ4n) is 2.01. The fourth-order valence-corrected chi connectivity index (χ4v) is 2.35. The summed E-state index contributed by atoms with van der Waals surface area (Å²) in [5.74, 6) is -0.464. The van der Waals surface area contributed by atoms with Crippen molar-refractivity contribution in [3.63, 3.8) is 0 Å². The van der Waals surface area contributed by atoms with Gasteiger partial charge in [-0.15, -0.1) is 0 Å². The van der Waals surface area contributed by atoms with Gasteiger partial charge in [-0.05, 0) is 35.1 Å². The summed E-state index contributed by atoms with van der Waals surface area (Å²) in [6.07, 6.45) is 0. The molecule has 2 rings (SSSR count). The maximum absolute atomic E-state index is 11.0. The van der Waals surface area contributed by atoms with Crippen molar-refractivity contribution in [1.82, 2.24) is 4.90 Å². The number of rotatable bonds is 4. The maximum atomic E-state index is 11.0. The van der Waals surface area contributed by atoms with Gasteiger partial charge in [-0.2, -0.15) is 0 Å². The van der Waals surface area contributed by atoms with E-state index in [9.17, 15) is 4.79 Å². The first-order valence-electron chi connectivity index (χ1n) is 5.33. The summed E-state index contributed by atoms with van der Waals surface area (Å²) in [7, 11) is 1.88. The lowest BCUT2D eigenvalue weighted by atomic mass is 10.0. The van der Waals surface area contributed by atoms with Gasteiger partial charge < -0.3 is 14.3 Å². The minimum atomic E-state index is -0.806. The van der Waals surface area contributed by atoms with Gasteiger partial charge in [0.05, 0.1) is 25.7 Å². The van der Waals surface area contributed by atoms with Gasteiger partial charge in [0, 0.05) is 6.04 Å². The second-order valence-corrected chi connectivity index (χ2v) is 4.95. The average Bonchev–Trinajstić information content (AvgIpc) is 2.86. The Balaban J connectivity index is 1.99. The molecule has 17 heavy (non-hydrogen) atoms. The van der Waals surface area contributed by atoms with Crippen molar-refractivity contribution in [2.75, 3.05) is 20.3 Å². The monoisotopic (exact) mass is 303 g/mol.